The van der Waals surface area contributed by atoms with Crippen LogP contribution in [0.5, 0.6) is 5.88 Å². The second-order valence-corrected chi connectivity index (χ2v) is 11.7. The van der Waals surface area contributed by atoms with Crippen LogP contribution in [0, 0.1) is 0 Å². The van der Waals surface area contributed by atoms with Crippen LogP contribution in [0.2, 0.25) is 0 Å². The topological polar surface area (TPSA) is 122 Å². The van der Waals surface area contributed by atoms with Gasteiger partial charge in [-0.15, -0.1) is 0 Å². The summed E-state index contributed by atoms with van der Waals surface area (Å²) < 4.78 is 17.6. The standard InChI is InChI=1S/C29H37N7O3S/c1-8-18(5)36-27(34-19(6)23-25(21-11-12-21)32-16-33-28(23)39-7)24(17(3)4)35-26(29(36)37)31-15-20-10-13-22(30-14-20)40(38)9-2/h10,13-14,16,18,21H,6,8-9,11-12,15H2,1-5,7H3,(H,31,35)/t18-,40?/m1/s1. The Labute approximate surface area is 238 Å². The quantitative estimate of drug-likeness (QED) is 0.455. The molecule has 3 heterocycles. The molecule has 1 amide bonds. The van der Waals surface area contributed by atoms with Gasteiger partial charge in [-0.3, -0.25) is 18.9 Å². The predicted octanol–water partition coefficient (Wildman–Crippen LogP) is 4.38. The van der Waals surface area contributed by atoms with E-state index in [2.05, 4.69) is 31.8 Å². The lowest BCUT2D eigenvalue weighted by atomic mass is 10.1. The number of aromatic nitrogens is 3. The highest BCUT2D eigenvalue weighted by molar-refractivity contribution is 7.84. The summed E-state index contributed by atoms with van der Waals surface area (Å²) in [5.74, 6) is 1.67. The molecule has 0 radical (unpaired) electrons. The number of piperazine rings is 1. The lowest BCUT2D eigenvalue weighted by Crippen LogP contribution is -2.57. The molecule has 2 aromatic heterocycles. The van der Waals surface area contributed by atoms with Crippen molar-refractivity contribution in [3.05, 3.63) is 59.3 Å². The first-order valence-corrected chi connectivity index (χ1v) is 14.8. The first kappa shape index (κ1) is 29.3. The van der Waals surface area contributed by atoms with E-state index in [1.54, 1.807) is 24.3 Å². The Morgan fingerprint density at radius 3 is 2.58 bits per heavy atom. The van der Waals surface area contributed by atoms with Gasteiger partial charge < -0.3 is 10.1 Å². The summed E-state index contributed by atoms with van der Waals surface area (Å²) >= 11 is 0. The van der Waals surface area contributed by atoms with E-state index in [1.165, 1.54) is 6.33 Å². The monoisotopic (exact) mass is 563 g/mol. The number of methoxy groups -OCH3 is 1. The van der Waals surface area contributed by atoms with Crippen LogP contribution in [0.4, 0.5) is 0 Å². The summed E-state index contributed by atoms with van der Waals surface area (Å²) in [6.07, 6.45) is 5.96. The number of ether oxygens (including phenoxy) is 1. The maximum atomic E-state index is 13.8. The molecule has 1 N–H and O–H groups in total. The van der Waals surface area contributed by atoms with E-state index >= 15 is 0 Å². The van der Waals surface area contributed by atoms with E-state index in [9.17, 15) is 9.00 Å². The Kier molecular flexibility index (Phi) is 9.24. The van der Waals surface area contributed by atoms with Crippen LogP contribution in [-0.4, -0.2) is 60.5 Å². The predicted molar refractivity (Wildman–Crippen MR) is 157 cm³/mol. The minimum Gasteiger partial charge on any atom is -0.480 e. The van der Waals surface area contributed by atoms with Crippen LogP contribution in [0.3, 0.4) is 0 Å². The Morgan fingerprint density at radius 1 is 1.25 bits per heavy atom. The Bertz CT molecular complexity index is 1410. The maximum absolute atomic E-state index is 13.8. The third-order valence-electron chi connectivity index (χ3n) is 6.89. The zero-order valence-corrected chi connectivity index (χ0v) is 24.8. The fourth-order valence-corrected chi connectivity index (χ4v) is 5.02. The molecule has 1 unspecified atom stereocenters. The van der Waals surface area contributed by atoms with E-state index in [1.807, 2.05) is 40.7 Å². The van der Waals surface area contributed by atoms with Crippen molar-refractivity contribution in [1.29, 1.82) is 0 Å². The third-order valence-corrected chi connectivity index (χ3v) is 8.12. The minimum absolute atomic E-state index is 0.150. The normalized spacial score (nSPS) is 19.0. The number of allylic oxidation sites excluding steroid dienone is 1. The van der Waals surface area contributed by atoms with Gasteiger partial charge in [-0.25, -0.2) is 19.9 Å². The number of carbonyl (C=O) groups excluding carboxylic acids is 1. The first-order chi connectivity index (χ1) is 19.2. The lowest BCUT2D eigenvalue weighted by molar-refractivity contribution is -0.122. The molecule has 2 fully saturated rings. The maximum Gasteiger partial charge on any atom is 0.295 e. The largest absolute Gasteiger partial charge is 0.480 e. The van der Waals surface area contributed by atoms with Gasteiger partial charge in [-0.1, -0.05) is 26.5 Å². The highest BCUT2D eigenvalue weighted by Crippen LogP contribution is 2.44. The van der Waals surface area contributed by atoms with E-state index in [0.29, 0.717) is 51.8 Å². The molecule has 0 spiro atoms. The molecule has 212 valence electrons. The molecule has 40 heavy (non-hydrogen) atoms. The third kappa shape index (κ3) is 6.19. The number of hydrogen-bond donors (Lipinski definition) is 1. The van der Waals surface area contributed by atoms with Gasteiger partial charge in [0.15, 0.2) is 11.7 Å². The number of aliphatic imine (C=N–C) groups is 2. The number of amides is 1. The summed E-state index contributed by atoms with van der Waals surface area (Å²) in [5, 5.41) is 3.78. The molecule has 10 nitrogen and oxygen atoms in total. The molecular weight excluding hydrogens is 526 g/mol. The van der Waals surface area contributed by atoms with Crippen LogP contribution in [0.1, 0.15) is 76.6 Å². The molecule has 4 rings (SSSR count). The minimum atomic E-state index is -1.12. The number of nitrogens with one attached hydrogen (secondary N) is 1. The molecule has 1 saturated carbocycles. The summed E-state index contributed by atoms with van der Waals surface area (Å²) in [6.45, 7) is 14.3. The Balaban J connectivity index is 1.71. The van der Waals surface area contributed by atoms with Crippen LogP contribution >= 0.6 is 0 Å². The fraction of sp³-hybridized carbons (Fsp3) is 0.448. The van der Waals surface area contributed by atoms with Crippen LogP contribution in [0.15, 0.2) is 57.5 Å². The second-order valence-electron chi connectivity index (χ2n) is 10.0. The summed E-state index contributed by atoms with van der Waals surface area (Å²) in [5.41, 5.74) is 4.41. The van der Waals surface area contributed by atoms with Gasteiger partial charge in [0.1, 0.15) is 11.4 Å². The molecule has 11 heteroatoms. The Morgan fingerprint density at radius 2 is 2.00 bits per heavy atom. The van der Waals surface area contributed by atoms with Gasteiger partial charge in [0.2, 0.25) is 5.88 Å². The highest BCUT2D eigenvalue weighted by atomic mass is 32.2. The molecule has 1 aliphatic heterocycles. The summed E-state index contributed by atoms with van der Waals surface area (Å²) in [7, 11) is 0.444. The summed E-state index contributed by atoms with van der Waals surface area (Å²) in [6, 6.07) is 3.43. The molecule has 0 bridgehead atoms. The van der Waals surface area contributed by atoms with Gasteiger partial charge in [0.25, 0.3) is 5.91 Å². The van der Waals surface area contributed by atoms with Crippen molar-refractivity contribution in [3.8, 4) is 5.88 Å². The zero-order chi connectivity index (χ0) is 29.0. The second kappa shape index (κ2) is 12.6. The van der Waals surface area contributed by atoms with Crippen molar-refractivity contribution in [2.45, 2.75) is 77.4 Å². The average Bonchev–Trinajstić information content (AvgIpc) is 3.81. The average molecular weight is 564 g/mol. The summed E-state index contributed by atoms with van der Waals surface area (Å²) in [4.78, 5) is 38.2. The van der Waals surface area contributed by atoms with Gasteiger partial charge in [-0.05, 0) is 57.2 Å². The molecule has 0 aromatic carbocycles. The van der Waals surface area contributed by atoms with Crippen molar-refractivity contribution in [3.63, 3.8) is 0 Å². The van der Waals surface area contributed by atoms with E-state index < -0.39 is 10.8 Å². The van der Waals surface area contributed by atoms with Crippen molar-refractivity contribution in [2.75, 3.05) is 12.9 Å². The highest BCUT2D eigenvalue weighted by Gasteiger charge is 2.37. The van der Waals surface area contributed by atoms with Crippen molar-refractivity contribution < 1.29 is 13.7 Å². The SMILES string of the molecule is C=C(N=C1C(=C(C)C)NC(=NCc2ccc(S(=O)CC)nc2)C(=O)N1[C@H](C)CC)c1c(OC)ncnc1C1CC1. The number of rotatable bonds is 10. The van der Waals surface area contributed by atoms with Gasteiger partial charge in [-0.2, -0.15) is 0 Å². The molecule has 1 aliphatic carbocycles. The smallest absolute Gasteiger partial charge is 0.295 e. The van der Waals surface area contributed by atoms with Crippen LogP contribution in [-0.2, 0) is 22.1 Å². The van der Waals surface area contributed by atoms with E-state index in [4.69, 9.17) is 9.73 Å². The van der Waals surface area contributed by atoms with Gasteiger partial charge in [0.05, 0.1) is 47.1 Å². The van der Waals surface area contributed by atoms with Crippen molar-refractivity contribution >= 4 is 34.1 Å². The molecular formula is C29H37N7O3S. The van der Waals surface area contributed by atoms with Crippen molar-refractivity contribution in [2.24, 2.45) is 9.98 Å². The molecule has 2 atom stereocenters. The van der Waals surface area contributed by atoms with E-state index in [-0.39, 0.29) is 24.3 Å². The number of amidine groups is 2. The van der Waals surface area contributed by atoms with Crippen LogP contribution < -0.4 is 10.1 Å². The van der Waals surface area contributed by atoms with Gasteiger partial charge in [0, 0.05) is 23.9 Å². The fourth-order valence-electron chi connectivity index (χ4n) is 4.33. The Hall–Kier alpha value is -3.73. The number of hydrogen-bond acceptors (Lipinski definition) is 8. The number of nitrogens with zero attached hydrogens (tertiary/aromatic N) is 6. The first-order valence-electron chi connectivity index (χ1n) is 13.5. The number of carbonyl (C=O) groups is 1. The lowest BCUT2D eigenvalue weighted by Gasteiger charge is -2.36. The van der Waals surface area contributed by atoms with Crippen LogP contribution in [0.25, 0.3) is 5.70 Å². The zero-order valence-electron chi connectivity index (χ0n) is 24.0. The van der Waals surface area contributed by atoms with Crippen molar-refractivity contribution in [1.82, 2.24) is 25.2 Å². The molecule has 2 aromatic rings. The van der Waals surface area contributed by atoms with Gasteiger partial charge >= 0.3 is 0 Å². The molecule has 2 aliphatic rings. The van der Waals surface area contributed by atoms with E-state index in [0.717, 1.165) is 29.7 Å². The molecule has 1 saturated heterocycles. The number of pyridine rings is 1.